The number of nitrogens with two attached hydrogens (primary N) is 1. The highest BCUT2D eigenvalue weighted by Gasteiger charge is 2.36. The van der Waals surface area contributed by atoms with Gasteiger partial charge in [0.25, 0.3) is 5.56 Å². The number of alkyl halides is 3. The molecule has 1 aliphatic rings. The Balaban J connectivity index is 1.95. The van der Waals surface area contributed by atoms with E-state index in [0.717, 1.165) is 12.1 Å². The number of aryl methyl sites for hydroxylation is 1. The second kappa shape index (κ2) is 6.84. The normalized spacial score (nSPS) is 16.0. The van der Waals surface area contributed by atoms with Crippen molar-refractivity contribution in [2.24, 2.45) is 12.8 Å². The van der Waals surface area contributed by atoms with Crippen LogP contribution in [-0.2, 0) is 7.05 Å². The smallest absolute Gasteiger partial charge is 0.439 e. The quantitative estimate of drug-likeness (QED) is 0.693. The minimum atomic E-state index is -4.83. The van der Waals surface area contributed by atoms with Gasteiger partial charge in [-0.3, -0.25) is 4.79 Å². The highest BCUT2D eigenvalue weighted by molar-refractivity contribution is 5.88. The Bertz CT molecular complexity index is 1290. The maximum Gasteiger partial charge on any atom is 0.573 e. The Kier molecular flexibility index (Phi) is 4.42. The fourth-order valence-electron chi connectivity index (χ4n) is 3.62. The molecule has 4 rings (SSSR count). The zero-order valence-electron chi connectivity index (χ0n) is 15.5. The van der Waals surface area contributed by atoms with E-state index in [2.05, 4.69) is 4.74 Å². The van der Waals surface area contributed by atoms with E-state index in [1.165, 1.54) is 16.7 Å². The van der Waals surface area contributed by atoms with Crippen LogP contribution in [0.2, 0.25) is 0 Å². The molecule has 0 aliphatic carbocycles. The molecule has 2 N–H and O–H groups in total. The third-order valence-corrected chi connectivity index (χ3v) is 4.91. The van der Waals surface area contributed by atoms with Crippen LogP contribution in [0.5, 0.6) is 11.5 Å². The zero-order chi connectivity index (χ0) is 21.6. The number of rotatable bonds is 2. The SMILES string of the molecule is Cn1c(=O)c2c(c3ccccc31)OC(N)=C(C#N)C2c1ccc(OC(F)(F)F)cc1. The lowest BCUT2D eigenvalue weighted by molar-refractivity contribution is -0.274. The lowest BCUT2D eigenvalue weighted by Gasteiger charge is -2.27. The number of para-hydroxylation sites is 1. The Morgan fingerprint density at radius 1 is 1.17 bits per heavy atom. The minimum absolute atomic E-state index is 0.000583. The third-order valence-electron chi connectivity index (χ3n) is 4.91. The summed E-state index contributed by atoms with van der Waals surface area (Å²) in [5.41, 5.74) is 6.78. The number of nitrogens with zero attached hydrogens (tertiary/aromatic N) is 2. The zero-order valence-corrected chi connectivity index (χ0v) is 15.5. The molecule has 0 saturated heterocycles. The van der Waals surface area contributed by atoms with E-state index in [4.69, 9.17) is 10.5 Å². The number of benzene rings is 2. The number of aromatic nitrogens is 1. The van der Waals surface area contributed by atoms with E-state index in [1.807, 2.05) is 6.07 Å². The van der Waals surface area contributed by atoms with Crippen molar-refractivity contribution in [3.63, 3.8) is 0 Å². The predicted octanol–water partition coefficient (Wildman–Crippen LogP) is 3.66. The van der Waals surface area contributed by atoms with Gasteiger partial charge in [0.2, 0.25) is 5.88 Å². The van der Waals surface area contributed by atoms with Crippen LogP contribution in [-0.4, -0.2) is 10.9 Å². The number of hydrogen-bond acceptors (Lipinski definition) is 5. The first-order valence-electron chi connectivity index (χ1n) is 8.76. The summed E-state index contributed by atoms with van der Waals surface area (Å²) < 4.78 is 48.4. The summed E-state index contributed by atoms with van der Waals surface area (Å²) in [5.74, 6) is -1.25. The van der Waals surface area contributed by atoms with Gasteiger partial charge in [0.1, 0.15) is 23.1 Å². The minimum Gasteiger partial charge on any atom is -0.439 e. The highest BCUT2D eigenvalue weighted by atomic mass is 19.4. The molecule has 0 spiro atoms. The standard InChI is InChI=1S/C21H14F3N3O3/c1-27-15-5-3-2-4-13(15)18-17(20(27)28)16(14(10-25)19(26)29-18)11-6-8-12(9-7-11)30-21(22,23)24/h2-9,16H,26H2,1H3. The maximum absolute atomic E-state index is 13.2. The molecule has 0 saturated carbocycles. The van der Waals surface area contributed by atoms with Gasteiger partial charge in [0, 0.05) is 12.4 Å². The van der Waals surface area contributed by atoms with E-state index in [1.54, 1.807) is 31.3 Å². The van der Waals surface area contributed by atoms with Gasteiger partial charge < -0.3 is 19.8 Å². The molecule has 1 aromatic heterocycles. The molecule has 1 unspecified atom stereocenters. The van der Waals surface area contributed by atoms with Gasteiger partial charge in [-0.2, -0.15) is 5.26 Å². The average Bonchev–Trinajstić information content (AvgIpc) is 2.70. The molecule has 2 heterocycles. The molecule has 1 atom stereocenters. The number of ether oxygens (including phenoxy) is 2. The van der Waals surface area contributed by atoms with Gasteiger partial charge in [-0.15, -0.1) is 13.2 Å². The van der Waals surface area contributed by atoms with Crippen molar-refractivity contribution in [2.45, 2.75) is 12.3 Å². The van der Waals surface area contributed by atoms with Crippen molar-refractivity contribution >= 4 is 10.9 Å². The highest BCUT2D eigenvalue weighted by Crippen LogP contribution is 2.43. The van der Waals surface area contributed by atoms with Crippen molar-refractivity contribution in [3.8, 4) is 17.6 Å². The summed E-state index contributed by atoms with van der Waals surface area (Å²) in [6.07, 6.45) is -4.83. The number of allylic oxidation sites excluding steroid dienone is 1. The van der Waals surface area contributed by atoms with Crippen LogP contribution in [0.25, 0.3) is 10.9 Å². The fraction of sp³-hybridized carbons (Fsp3) is 0.143. The summed E-state index contributed by atoms with van der Waals surface area (Å²) in [4.78, 5) is 13.2. The van der Waals surface area contributed by atoms with Gasteiger partial charge in [-0.25, -0.2) is 0 Å². The molecule has 0 amide bonds. The van der Waals surface area contributed by atoms with E-state index in [-0.39, 0.29) is 22.8 Å². The molecule has 0 bridgehead atoms. The van der Waals surface area contributed by atoms with Crippen molar-refractivity contribution in [2.75, 3.05) is 0 Å². The van der Waals surface area contributed by atoms with Crippen LogP contribution in [0.4, 0.5) is 13.2 Å². The lowest BCUT2D eigenvalue weighted by Crippen LogP contribution is -2.31. The number of nitriles is 1. The molecular weight excluding hydrogens is 399 g/mol. The first-order chi connectivity index (χ1) is 14.2. The molecule has 6 nitrogen and oxygen atoms in total. The second-order valence-electron chi connectivity index (χ2n) is 6.67. The number of fused-ring (bicyclic) bond motifs is 3. The van der Waals surface area contributed by atoms with Gasteiger partial charge in [-0.05, 0) is 29.8 Å². The number of hydrogen-bond donors (Lipinski definition) is 1. The van der Waals surface area contributed by atoms with Crippen LogP contribution in [0.15, 0.2) is 64.8 Å². The lowest BCUT2D eigenvalue weighted by atomic mass is 9.83. The largest absolute Gasteiger partial charge is 0.573 e. The Labute approximate surface area is 168 Å². The van der Waals surface area contributed by atoms with Crippen LogP contribution >= 0.6 is 0 Å². The van der Waals surface area contributed by atoms with E-state index < -0.39 is 23.6 Å². The van der Waals surface area contributed by atoms with Crippen LogP contribution < -0.4 is 20.8 Å². The van der Waals surface area contributed by atoms with Gasteiger partial charge >= 0.3 is 6.36 Å². The average molecular weight is 413 g/mol. The molecular formula is C21H14F3N3O3. The summed E-state index contributed by atoms with van der Waals surface area (Å²) >= 11 is 0. The molecule has 9 heteroatoms. The third kappa shape index (κ3) is 3.12. The molecule has 2 aromatic carbocycles. The fourth-order valence-corrected chi connectivity index (χ4v) is 3.62. The topological polar surface area (TPSA) is 90.3 Å². The monoisotopic (exact) mass is 413 g/mol. The number of pyridine rings is 1. The van der Waals surface area contributed by atoms with Crippen LogP contribution in [0.1, 0.15) is 17.0 Å². The maximum atomic E-state index is 13.2. The van der Waals surface area contributed by atoms with E-state index >= 15 is 0 Å². The van der Waals surface area contributed by atoms with Crippen molar-refractivity contribution in [1.29, 1.82) is 5.26 Å². The second-order valence-corrected chi connectivity index (χ2v) is 6.67. The van der Waals surface area contributed by atoms with E-state index in [9.17, 15) is 23.2 Å². The Morgan fingerprint density at radius 2 is 1.83 bits per heavy atom. The van der Waals surface area contributed by atoms with Crippen molar-refractivity contribution in [3.05, 3.63) is 81.5 Å². The number of halogens is 3. The van der Waals surface area contributed by atoms with Crippen LogP contribution in [0.3, 0.4) is 0 Å². The van der Waals surface area contributed by atoms with Crippen molar-refractivity contribution < 1.29 is 22.6 Å². The van der Waals surface area contributed by atoms with Gasteiger partial charge in [0.05, 0.1) is 17.0 Å². The molecule has 0 radical (unpaired) electrons. The molecule has 3 aromatic rings. The molecule has 1 aliphatic heterocycles. The first kappa shape index (κ1) is 19.4. The van der Waals surface area contributed by atoms with Crippen molar-refractivity contribution in [1.82, 2.24) is 4.57 Å². The summed E-state index contributed by atoms with van der Waals surface area (Å²) in [6.45, 7) is 0. The molecule has 0 fully saturated rings. The molecule has 30 heavy (non-hydrogen) atoms. The van der Waals surface area contributed by atoms with E-state index in [0.29, 0.717) is 16.5 Å². The summed E-state index contributed by atoms with van der Waals surface area (Å²) in [7, 11) is 1.59. The summed E-state index contributed by atoms with van der Waals surface area (Å²) in [5, 5.41) is 10.3. The Hall–Kier alpha value is -3.93. The van der Waals surface area contributed by atoms with Gasteiger partial charge in [0.15, 0.2) is 0 Å². The Morgan fingerprint density at radius 3 is 2.47 bits per heavy atom. The van der Waals surface area contributed by atoms with Gasteiger partial charge in [-0.1, -0.05) is 24.3 Å². The molecule has 152 valence electrons. The van der Waals surface area contributed by atoms with Crippen LogP contribution in [0, 0.1) is 11.3 Å². The summed E-state index contributed by atoms with van der Waals surface area (Å²) in [6, 6.07) is 14.0. The first-order valence-corrected chi connectivity index (χ1v) is 8.76. The predicted molar refractivity (Wildman–Crippen MR) is 102 cm³/mol.